The molecule has 1 saturated heterocycles. The van der Waals surface area contributed by atoms with Crippen LogP contribution in [-0.2, 0) is 11.2 Å². The lowest BCUT2D eigenvalue weighted by molar-refractivity contribution is 0.0474. The number of hydrogen-bond acceptors (Lipinski definition) is 5. The summed E-state index contributed by atoms with van der Waals surface area (Å²) in [5, 5.41) is 6.43. The quantitative estimate of drug-likeness (QED) is 0.401. The van der Waals surface area contributed by atoms with Crippen molar-refractivity contribution in [1.29, 1.82) is 0 Å². The van der Waals surface area contributed by atoms with Crippen LogP contribution in [0.15, 0.2) is 54.9 Å². The highest BCUT2D eigenvalue weighted by atomic mass is 19.1. The van der Waals surface area contributed by atoms with Crippen LogP contribution >= 0.6 is 0 Å². The number of carbonyl (C=O) groups is 2. The number of aromatic nitrogens is 2. The summed E-state index contributed by atoms with van der Waals surface area (Å²) in [6.45, 7) is 1.56. The van der Waals surface area contributed by atoms with Crippen LogP contribution in [0, 0.1) is 11.6 Å². The van der Waals surface area contributed by atoms with Crippen LogP contribution in [0.3, 0.4) is 0 Å². The number of carbonyl (C=O) groups excluding carboxylic acids is 2. The van der Waals surface area contributed by atoms with Gasteiger partial charge in [0.05, 0.1) is 24.1 Å². The van der Waals surface area contributed by atoms with E-state index < -0.39 is 11.6 Å². The summed E-state index contributed by atoms with van der Waals surface area (Å²) in [7, 11) is 0. The Morgan fingerprint density at radius 1 is 1.00 bits per heavy atom. The zero-order chi connectivity index (χ0) is 29.1. The Balaban J connectivity index is 1.30. The molecule has 1 aromatic heterocycles. The van der Waals surface area contributed by atoms with E-state index in [9.17, 15) is 18.4 Å². The molecule has 6 rings (SSSR count). The van der Waals surface area contributed by atoms with Crippen molar-refractivity contribution in [2.75, 3.05) is 19.6 Å². The summed E-state index contributed by atoms with van der Waals surface area (Å²) >= 11 is 0. The van der Waals surface area contributed by atoms with E-state index >= 15 is 0 Å². The number of halogens is 2. The number of imidazole rings is 1. The van der Waals surface area contributed by atoms with Crippen LogP contribution < -0.4 is 10.6 Å². The highest BCUT2D eigenvalue weighted by Crippen LogP contribution is 2.35. The van der Waals surface area contributed by atoms with Gasteiger partial charge >= 0.3 is 6.09 Å². The van der Waals surface area contributed by atoms with Crippen LogP contribution in [0.2, 0.25) is 0 Å². The first-order chi connectivity index (χ1) is 20.5. The molecule has 1 aliphatic heterocycles. The highest BCUT2D eigenvalue weighted by Gasteiger charge is 2.36. The molecule has 222 valence electrons. The van der Waals surface area contributed by atoms with E-state index in [0.29, 0.717) is 43.0 Å². The Kier molecular flexibility index (Phi) is 8.51. The minimum atomic E-state index is -0.635. The zero-order valence-corrected chi connectivity index (χ0v) is 23.6. The van der Waals surface area contributed by atoms with Crippen LogP contribution in [0.25, 0.3) is 11.3 Å². The second-order valence-corrected chi connectivity index (χ2v) is 11.6. The first-order valence-electron chi connectivity index (χ1n) is 15.0. The van der Waals surface area contributed by atoms with Gasteiger partial charge in [-0.1, -0.05) is 43.2 Å². The van der Waals surface area contributed by atoms with Crippen molar-refractivity contribution < 1.29 is 23.1 Å². The second-order valence-electron chi connectivity index (χ2n) is 11.6. The van der Waals surface area contributed by atoms with Crippen molar-refractivity contribution in [2.24, 2.45) is 0 Å². The predicted octanol–water partition coefficient (Wildman–Crippen LogP) is 5.25. The normalized spacial score (nSPS) is 22.8. The number of ether oxygens (including phenoxy) is 1. The van der Waals surface area contributed by atoms with Gasteiger partial charge in [-0.15, -0.1) is 0 Å². The van der Waals surface area contributed by atoms with E-state index in [1.54, 1.807) is 11.2 Å². The van der Waals surface area contributed by atoms with Gasteiger partial charge in [-0.25, -0.2) is 18.6 Å². The maximum Gasteiger partial charge on any atom is 0.407 e. The SMILES string of the molecule is O=C(N[C@H]1CCCC[C@@H]1n1cnc(C(=O)N2CCNC[C@H]2Cc2cc(F)cc(F)c2)c1-c1ccccc1)OC1CCC1. The maximum atomic E-state index is 14.2. The summed E-state index contributed by atoms with van der Waals surface area (Å²) in [6.07, 6.45) is 8.19. The van der Waals surface area contributed by atoms with Crippen molar-refractivity contribution in [3.8, 4) is 11.3 Å². The lowest BCUT2D eigenvalue weighted by Crippen LogP contribution is -2.54. The van der Waals surface area contributed by atoms with E-state index in [1.807, 2.05) is 30.3 Å². The smallest absolute Gasteiger partial charge is 0.407 e. The minimum absolute atomic E-state index is 0.000222. The average molecular weight is 578 g/mol. The summed E-state index contributed by atoms with van der Waals surface area (Å²) < 4.78 is 35.5. The number of alkyl carbamates (subject to hydrolysis) is 1. The fourth-order valence-corrected chi connectivity index (χ4v) is 6.44. The molecule has 3 atom stereocenters. The summed E-state index contributed by atoms with van der Waals surface area (Å²) in [4.78, 5) is 33.4. The Morgan fingerprint density at radius 3 is 2.50 bits per heavy atom. The average Bonchev–Trinajstić information content (AvgIpc) is 3.40. The lowest BCUT2D eigenvalue weighted by Gasteiger charge is -2.37. The van der Waals surface area contributed by atoms with Gasteiger partial charge in [0.1, 0.15) is 17.7 Å². The van der Waals surface area contributed by atoms with Crippen molar-refractivity contribution >= 4 is 12.0 Å². The van der Waals surface area contributed by atoms with Crippen molar-refractivity contribution in [1.82, 2.24) is 25.1 Å². The molecule has 0 bridgehead atoms. The van der Waals surface area contributed by atoms with Gasteiger partial charge in [-0.05, 0) is 56.2 Å². The summed E-state index contributed by atoms with van der Waals surface area (Å²) in [6, 6.07) is 12.7. The fourth-order valence-electron chi connectivity index (χ4n) is 6.44. The number of nitrogens with one attached hydrogen (secondary N) is 2. The van der Waals surface area contributed by atoms with E-state index in [-0.39, 0.29) is 36.2 Å². The summed E-state index contributed by atoms with van der Waals surface area (Å²) in [5.74, 6) is -1.49. The molecule has 2 amide bonds. The highest BCUT2D eigenvalue weighted by molar-refractivity contribution is 5.98. The molecule has 0 unspecified atom stereocenters. The van der Waals surface area contributed by atoms with E-state index in [4.69, 9.17) is 4.74 Å². The van der Waals surface area contributed by atoms with Crippen molar-refractivity contribution in [2.45, 2.75) is 75.6 Å². The number of nitrogens with zero attached hydrogens (tertiary/aromatic N) is 3. The van der Waals surface area contributed by atoms with E-state index in [0.717, 1.165) is 56.6 Å². The van der Waals surface area contributed by atoms with Gasteiger partial charge in [0, 0.05) is 37.3 Å². The number of rotatable bonds is 7. The molecule has 3 aromatic rings. The lowest BCUT2D eigenvalue weighted by atomic mass is 9.89. The first kappa shape index (κ1) is 28.3. The molecule has 2 saturated carbocycles. The monoisotopic (exact) mass is 577 g/mol. The fraction of sp³-hybridized carbons (Fsp3) is 0.469. The molecule has 2 aromatic carbocycles. The summed E-state index contributed by atoms with van der Waals surface area (Å²) in [5.41, 5.74) is 2.40. The third kappa shape index (κ3) is 6.18. The van der Waals surface area contributed by atoms with Crippen LogP contribution in [0.1, 0.15) is 67.0 Å². The van der Waals surface area contributed by atoms with Gasteiger partial charge in [0.15, 0.2) is 5.69 Å². The van der Waals surface area contributed by atoms with Crippen molar-refractivity contribution in [3.63, 3.8) is 0 Å². The first-order valence-corrected chi connectivity index (χ1v) is 15.0. The number of piperazine rings is 1. The van der Waals surface area contributed by atoms with Gasteiger partial charge in [-0.3, -0.25) is 4.79 Å². The van der Waals surface area contributed by atoms with Crippen LogP contribution in [0.5, 0.6) is 0 Å². The molecule has 42 heavy (non-hydrogen) atoms. The Morgan fingerprint density at radius 2 is 1.76 bits per heavy atom. The molecule has 0 spiro atoms. The molecule has 0 radical (unpaired) electrons. The number of amides is 2. The second kappa shape index (κ2) is 12.6. The minimum Gasteiger partial charge on any atom is -0.446 e. The topological polar surface area (TPSA) is 88.5 Å². The Hall–Kier alpha value is -3.79. The largest absolute Gasteiger partial charge is 0.446 e. The standard InChI is InChI=1S/C32H37F2N5O3/c33-23-15-21(16-24(34)18-23)17-25-19-35-13-14-38(25)31(40)29-30(22-7-2-1-3-8-22)39(20-36-29)28-12-5-4-11-27(28)37-32(41)42-26-9-6-10-26/h1-3,7-8,15-16,18,20,25-28,35H,4-6,9-14,17,19H2,(H,37,41)/t25-,27+,28+/m1/s1. The molecule has 3 fully saturated rings. The molecule has 2 aliphatic carbocycles. The number of hydrogen-bond donors (Lipinski definition) is 2. The Labute approximate surface area is 244 Å². The van der Waals surface area contributed by atoms with Crippen molar-refractivity contribution in [3.05, 3.63) is 77.8 Å². The molecule has 2 N–H and O–H groups in total. The van der Waals surface area contributed by atoms with Gasteiger partial charge in [0.2, 0.25) is 0 Å². The van der Waals surface area contributed by atoms with E-state index in [1.165, 1.54) is 12.1 Å². The molecule has 10 heteroatoms. The van der Waals surface area contributed by atoms with Gasteiger partial charge in [-0.2, -0.15) is 0 Å². The molecular weight excluding hydrogens is 540 g/mol. The maximum absolute atomic E-state index is 14.2. The van der Waals surface area contributed by atoms with Crippen LogP contribution in [0.4, 0.5) is 13.6 Å². The third-order valence-electron chi connectivity index (χ3n) is 8.76. The third-order valence-corrected chi connectivity index (χ3v) is 8.76. The molecular formula is C32H37F2N5O3. The molecule has 8 nitrogen and oxygen atoms in total. The van der Waals surface area contributed by atoms with Gasteiger partial charge in [0.25, 0.3) is 5.91 Å². The Bertz CT molecular complexity index is 1390. The predicted molar refractivity (Wildman–Crippen MR) is 154 cm³/mol. The van der Waals surface area contributed by atoms with E-state index in [2.05, 4.69) is 20.2 Å². The van der Waals surface area contributed by atoms with Gasteiger partial charge < -0.3 is 24.8 Å². The number of benzene rings is 2. The zero-order valence-electron chi connectivity index (χ0n) is 23.6. The molecule has 2 heterocycles. The molecule has 3 aliphatic rings. The van der Waals surface area contributed by atoms with Crippen LogP contribution in [-0.4, -0.2) is 64.3 Å².